The van der Waals surface area contributed by atoms with E-state index in [9.17, 15) is 14.4 Å². The van der Waals surface area contributed by atoms with Gasteiger partial charge < -0.3 is 10.1 Å². The molecular formula is C24H24N2O4. The van der Waals surface area contributed by atoms with E-state index in [4.69, 9.17) is 4.74 Å². The van der Waals surface area contributed by atoms with E-state index in [0.29, 0.717) is 28.6 Å². The molecule has 6 heteroatoms. The van der Waals surface area contributed by atoms with Gasteiger partial charge in [0.2, 0.25) is 11.7 Å². The number of aromatic nitrogens is 1. The fraction of sp³-hybridized carbons (Fsp3) is 0.250. The maximum absolute atomic E-state index is 13.0. The highest BCUT2D eigenvalue weighted by Crippen LogP contribution is 2.25. The maximum atomic E-state index is 13.0. The number of anilines is 1. The second kappa shape index (κ2) is 8.86. The second-order valence-electron chi connectivity index (χ2n) is 7.10. The van der Waals surface area contributed by atoms with Crippen LogP contribution < -0.4 is 5.32 Å². The van der Waals surface area contributed by atoms with E-state index in [1.54, 1.807) is 31.2 Å². The molecule has 0 spiro atoms. The third kappa shape index (κ3) is 4.38. The largest absolute Gasteiger partial charge is 0.451 e. The number of para-hydroxylation sites is 1. The van der Waals surface area contributed by atoms with E-state index in [1.165, 1.54) is 6.92 Å². The number of hydrogen-bond acceptors (Lipinski definition) is 5. The molecule has 0 fully saturated rings. The molecule has 0 aliphatic heterocycles. The molecule has 0 saturated heterocycles. The number of benzene rings is 2. The molecular weight excluding hydrogens is 380 g/mol. The lowest BCUT2D eigenvalue weighted by molar-refractivity contribution is -0.114. The van der Waals surface area contributed by atoms with Crippen LogP contribution in [0, 0.1) is 6.92 Å². The van der Waals surface area contributed by atoms with E-state index in [-0.39, 0.29) is 11.7 Å². The number of nitrogens with one attached hydrogen (secondary N) is 1. The molecule has 3 aromatic rings. The number of carbonyl (C=O) groups is 3. The number of esters is 1. The summed E-state index contributed by atoms with van der Waals surface area (Å²) < 4.78 is 5.55. The Bertz CT molecular complexity index is 1120. The van der Waals surface area contributed by atoms with Gasteiger partial charge in [-0.1, -0.05) is 25.1 Å². The Kier molecular flexibility index (Phi) is 6.26. The molecule has 2 aromatic carbocycles. The molecule has 0 radical (unpaired) electrons. The first kappa shape index (κ1) is 21.2. The molecule has 1 amide bonds. The number of hydrogen-bond donors (Lipinski definition) is 1. The van der Waals surface area contributed by atoms with Gasteiger partial charge in [-0.05, 0) is 56.2 Å². The number of fused-ring (bicyclic) bond motifs is 1. The van der Waals surface area contributed by atoms with Gasteiger partial charge in [0.15, 0.2) is 6.10 Å². The van der Waals surface area contributed by atoms with Crippen LogP contribution in [-0.4, -0.2) is 28.7 Å². The predicted molar refractivity (Wildman–Crippen MR) is 116 cm³/mol. The number of carbonyl (C=O) groups excluding carboxylic acids is 3. The van der Waals surface area contributed by atoms with Crippen LogP contribution in [0.25, 0.3) is 10.9 Å². The first-order chi connectivity index (χ1) is 14.3. The summed E-state index contributed by atoms with van der Waals surface area (Å²) in [5.74, 6) is -1.05. The molecule has 1 N–H and O–H groups in total. The van der Waals surface area contributed by atoms with Gasteiger partial charge in [0.1, 0.15) is 0 Å². The zero-order chi connectivity index (χ0) is 21.8. The molecule has 154 valence electrons. The Balaban J connectivity index is 1.84. The summed E-state index contributed by atoms with van der Waals surface area (Å²) in [6.07, 6.45) is -0.271. The van der Waals surface area contributed by atoms with Crippen LogP contribution in [0.3, 0.4) is 0 Å². The highest BCUT2D eigenvalue weighted by molar-refractivity contribution is 6.07. The van der Waals surface area contributed by atoms with Crippen LogP contribution in [0.4, 0.5) is 5.69 Å². The van der Waals surface area contributed by atoms with Crippen molar-refractivity contribution in [3.05, 3.63) is 70.9 Å². The summed E-state index contributed by atoms with van der Waals surface area (Å²) in [5, 5.41) is 3.35. The first-order valence-corrected chi connectivity index (χ1v) is 9.82. The minimum Gasteiger partial charge on any atom is -0.451 e. The predicted octanol–water partition coefficient (Wildman–Crippen LogP) is 4.49. The van der Waals surface area contributed by atoms with E-state index in [2.05, 4.69) is 10.3 Å². The topological polar surface area (TPSA) is 85.4 Å². The van der Waals surface area contributed by atoms with Gasteiger partial charge in [-0.25, -0.2) is 4.79 Å². The lowest BCUT2D eigenvalue weighted by Crippen LogP contribution is -2.25. The molecule has 1 aromatic heterocycles. The number of amides is 1. The number of ketones is 1. The quantitative estimate of drug-likeness (QED) is 0.483. The molecule has 1 atom stereocenters. The summed E-state index contributed by atoms with van der Waals surface area (Å²) in [6.45, 7) is 6.80. The van der Waals surface area contributed by atoms with Crippen molar-refractivity contribution in [2.45, 2.75) is 40.2 Å². The summed E-state index contributed by atoms with van der Waals surface area (Å²) in [6, 6.07) is 13.9. The Labute approximate surface area is 175 Å². The van der Waals surface area contributed by atoms with Crippen LogP contribution in [-0.2, 0) is 16.0 Å². The SMILES string of the molecule is CCc1nc2ccccc2c(C(=O)O[C@@H](C)C(=O)c2ccc(NC(C)=O)cc2)c1C. The Morgan fingerprint density at radius 1 is 1.07 bits per heavy atom. The van der Waals surface area contributed by atoms with Gasteiger partial charge in [-0.3, -0.25) is 14.6 Å². The molecule has 6 nitrogen and oxygen atoms in total. The number of pyridine rings is 1. The van der Waals surface area contributed by atoms with Gasteiger partial charge in [0, 0.05) is 29.3 Å². The number of aryl methyl sites for hydroxylation is 1. The molecule has 0 aliphatic rings. The molecule has 1 heterocycles. The monoisotopic (exact) mass is 404 g/mol. The van der Waals surface area contributed by atoms with Crippen LogP contribution in [0.2, 0.25) is 0 Å². The fourth-order valence-corrected chi connectivity index (χ4v) is 3.39. The van der Waals surface area contributed by atoms with Crippen LogP contribution in [0.5, 0.6) is 0 Å². The molecule has 3 rings (SSSR count). The van der Waals surface area contributed by atoms with Crippen molar-refractivity contribution in [2.24, 2.45) is 0 Å². The molecule has 0 saturated carbocycles. The van der Waals surface area contributed by atoms with Crippen molar-refractivity contribution in [1.82, 2.24) is 4.98 Å². The second-order valence-corrected chi connectivity index (χ2v) is 7.10. The van der Waals surface area contributed by atoms with Gasteiger partial charge >= 0.3 is 5.97 Å². The number of nitrogens with zero attached hydrogens (tertiary/aromatic N) is 1. The Morgan fingerprint density at radius 3 is 2.37 bits per heavy atom. The van der Waals surface area contributed by atoms with Gasteiger partial charge in [-0.15, -0.1) is 0 Å². The minimum absolute atomic E-state index is 0.192. The van der Waals surface area contributed by atoms with Crippen molar-refractivity contribution >= 4 is 34.3 Å². The van der Waals surface area contributed by atoms with Crippen LogP contribution in [0.1, 0.15) is 52.7 Å². The smallest absolute Gasteiger partial charge is 0.339 e. The van der Waals surface area contributed by atoms with Crippen LogP contribution in [0.15, 0.2) is 48.5 Å². The van der Waals surface area contributed by atoms with Crippen molar-refractivity contribution in [1.29, 1.82) is 0 Å². The summed E-state index contributed by atoms with van der Waals surface area (Å²) >= 11 is 0. The lowest BCUT2D eigenvalue weighted by atomic mass is 10.00. The highest BCUT2D eigenvalue weighted by atomic mass is 16.5. The van der Waals surface area contributed by atoms with E-state index < -0.39 is 12.1 Å². The Morgan fingerprint density at radius 2 is 1.73 bits per heavy atom. The normalized spacial score (nSPS) is 11.7. The average Bonchev–Trinajstić information content (AvgIpc) is 2.72. The molecule has 0 bridgehead atoms. The molecule has 0 unspecified atom stereocenters. The average molecular weight is 404 g/mol. The van der Waals surface area contributed by atoms with Crippen LogP contribution >= 0.6 is 0 Å². The van der Waals surface area contributed by atoms with Crippen molar-refractivity contribution < 1.29 is 19.1 Å². The zero-order valence-electron chi connectivity index (χ0n) is 17.5. The third-order valence-electron chi connectivity index (χ3n) is 4.92. The highest BCUT2D eigenvalue weighted by Gasteiger charge is 2.24. The zero-order valence-corrected chi connectivity index (χ0v) is 17.5. The van der Waals surface area contributed by atoms with Crippen molar-refractivity contribution in [3.63, 3.8) is 0 Å². The van der Waals surface area contributed by atoms with Gasteiger partial charge in [0.25, 0.3) is 0 Å². The fourth-order valence-electron chi connectivity index (χ4n) is 3.39. The Hall–Kier alpha value is -3.54. The standard InChI is InChI=1S/C24H24N2O4/c1-5-20-14(2)22(19-8-6-7-9-21(19)26-20)24(29)30-15(3)23(28)17-10-12-18(13-11-17)25-16(4)27/h6-13,15H,5H2,1-4H3,(H,25,27)/t15-/m0/s1. The maximum Gasteiger partial charge on any atom is 0.339 e. The number of rotatable bonds is 6. The lowest BCUT2D eigenvalue weighted by Gasteiger charge is -2.16. The summed E-state index contributed by atoms with van der Waals surface area (Å²) in [7, 11) is 0. The molecule has 0 aliphatic carbocycles. The van der Waals surface area contributed by atoms with Gasteiger partial charge in [-0.2, -0.15) is 0 Å². The van der Waals surface area contributed by atoms with E-state index in [1.807, 2.05) is 38.1 Å². The molecule has 30 heavy (non-hydrogen) atoms. The van der Waals surface area contributed by atoms with Crippen molar-refractivity contribution in [3.8, 4) is 0 Å². The van der Waals surface area contributed by atoms with Gasteiger partial charge in [0.05, 0.1) is 11.1 Å². The van der Waals surface area contributed by atoms with Crippen molar-refractivity contribution in [2.75, 3.05) is 5.32 Å². The third-order valence-corrected chi connectivity index (χ3v) is 4.92. The van der Waals surface area contributed by atoms with E-state index in [0.717, 1.165) is 16.8 Å². The first-order valence-electron chi connectivity index (χ1n) is 9.82. The van der Waals surface area contributed by atoms with E-state index >= 15 is 0 Å². The number of Topliss-reactive ketones (excluding diaryl/α,β-unsaturated/α-hetero) is 1. The summed E-state index contributed by atoms with van der Waals surface area (Å²) in [5.41, 5.74) is 3.75. The number of ether oxygens (including phenoxy) is 1. The minimum atomic E-state index is -0.958. The summed E-state index contributed by atoms with van der Waals surface area (Å²) in [4.78, 5) is 41.5.